The maximum absolute atomic E-state index is 5.45. The van der Waals surface area contributed by atoms with Gasteiger partial charge in [0.15, 0.2) is 5.90 Å². The third kappa shape index (κ3) is 2.79. The number of rotatable bonds is 3. The molecule has 2 N–H and O–H groups in total. The molecule has 80 valence electrons. The van der Waals surface area contributed by atoms with E-state index in [1.54, 1.807) is 0 Å². The van der Waals surface area contributed by atoms with Gasteiger partial charge in [0.25, 0.3) is 0 Å². The summed E-state index contributed by atoms with van der Waals surface area (Å²) in [5, 5.41) is 0. The van der Waals surface area contributed by atoms with Crippen molar-refractivity contribution in [1.82, 2.24) is 0 Å². The van der Waals surface area contributed by atoms with E-state index in [-0.39, 0.29) is 6.04 Å². The summed E-state index contributed by atoms with van der Waals surface area (Å²) in [7, 11) is 0. The number of benzene rings is 1. The van der Waals surface area contributed by atoms with Gasteiger partial charge in [-0.25, -0.2) is 4.99 Å². The molecule has 3 nitrogen and oxygen atoms in total. The average Bonchev–Trinajstić information content (AvgIpc) is 2.65. The Labute approximate surface area is 97.5 Å². The molecule has 1 aromatic rings. The van der Waals surface area contributed by atoms with Crippen molar-refractivity contribution in [2.45, 2.75) is 12.5 Å². The van der Waals surface area contributed by atoms with Crippen LogP contribution in [0.15, 0.2) is 33.7 Å². The summed E-state index contributed by atoms with van der Waals surface area (Å²) in [5.41, 5.74) is 6.71. The normalized spacial score (nSPS) is 19.9. The molecule has 0 saturated heterocycles. The van der Waals surface area contributed by atoms with Crippen LogP contribution in [-0.2, 0) is 11.2 Å². The van der Waals surface area contributed by atoms with Crippen LogP contribution in [0.5, 0.6) is 0 Å². The first kappa shape index (κ1) is 10.6. The van der Waals surface area contributed by atoms with E-state index in [4.69, 9.17) is 10.5 Å². The predicted octanol–water partition coefficient (Wildman–Crippen LogP) is 1.75. The number of nitrogens with two attached hydrogens (primary N) is 1. The fraction of sp³-hybridized carbons (Fsp3) is 0.364. The molecule has 1 aromatic carbocycles. The Balaban J connectivity index is 2.01. The largest absolute Gasteiger partial charge is 0.478 e. The van der Waals surface area contributed by atoms with Gasteiger partial charge in [-0.05, 0) is 24.1 Å². The lowest BCUT2D eigenvalue weighted by Gasteiger charge is -2.05. The maximum atomic E-state index is 5.45. The average molecular weight is 269 g/mol. The van der Waals surface area contributed by atoms with Gasteiger partial charge >= 0.3 is 0 Å². The van der Waals surface area contributed by atoms with Crippen LogP contribution in [0.1, 0.15) is 5.56 Å². The van der Waals surface area contributed by atoms with Crippen molar-refractivity contribution < 1.29 is 4.74 Å². The number of aliphatic imine (C=N–C) groups is 1. The second-order valence-corrected chi connectivity index (χ2v) is 4.44. The number of hydrogen-bond acceptors (Lipinski definition) is 3. The fourth-order valence-electron chi connectivity index (χ4n) is 1.62. The first-order chi connectivity index (χ1) is 7.28. The Morgan fingerprint density at radius 1 is 1.53 bits per heavy atom. The van der Waals surface area contributed by atoms with E-state index in [0.717, 1.165) is 10.9 Å². The Kier molecular flexibility index (Phi) is 3.38. The second-order valence-electron chi connectivity index (χ2n) is 3.53. The van der Waals surface area contributed by atoms with E-state index in [1.165, 1.54) is 5.56 Å². The van der Waals surface area contributed by atoms with Crippen LogP contribution in [0.4, 0.5) is 0 Å². The van der Waals surface area contributed by atoms with Crippen LogP contribution in [0.2, 0.25) is 0 Å². The van der Waals surface area contributed by atoms with Crippen LogP contribution in [0.25, 0.3) is 0 Å². The highest BCUT2D eigenvalue weighted by Crippen LogP contribution is 2.16. The van der Waals surface area contributed by atoms with Crippen molar-refractivity contribution in [2.75, 3.05) is 13.2 Å². The van der Waals surface area contributed by atoms with Crippen molar-refractivity contribution >= 4 is 21.8 Å². The molecule has 0 spiro atoms. The topological polar surface area (TPSA) is 47.6 Å². The summed E-state index contributed by atoms with van der Waals surface area (Å²) in [5.74, 6) is 0.676. The zero-order chi connectivity index (χ0) is 10.7. The first-order valence-corrected chi connectivity index (χ1v) is 5.71. The monoisotopic (exact) mass is 268 g/mol. The lowest BCUT2D eigenvalue weighted by atomic mass is 10.1. The molecule has 1 unspecified atom stereocenters. The Morgan fingerprint density at radius 3 is 3.07 bits per heavy atom. The molecule has 0 fully saturated rings. The van der Waals surface area contributed by atoms with E-state index in [2.05, 4.69) is 33.1 Å². The Morgan fingerprint density at radius 2 is 2.40 bits per heavy atom. The molecule has 4 heteroatoms. The molecule has 1 aliphatic heterocycles. The maximum Gasteiger partial charge on any atom is 0.197 e. The fourth-order valence-corrected chi connectivity index (χ4v) is 2.07. The number of halogens is 1. The molecular weight excluding hydrogens is 256 g/mol. The van der Waals surface area contributed by atoms with E-state index in [1.807, 2.05) is 12.1 Å². The zero-order valence-electron chi connectivity index (χ0n) is 8.32. The Bertz CT molecular complexity index is 379. The van der Waals surface area contributed by atoms with E-state index in [0.29, 0.717) is 19.0 Å². The summed E-state index contributed by atoms with van der Waals surface area (Å²) in [6.45, 7) is 1.05. The molecule has 2 rings (SSSR count). The Hall–Kier alpha value is -0.870. The summed E-state index contributed by atoms with van der Waals surface area (Å²) < 4.78 is 6.43. The van der Waals surface area contributed by atoms with Crippen molar-refractivity contribution in [3.63, 3.8) is 0 Å². The minimum Gasteiger partial charge on any atom is -0.478 e. The molecule has 1 atom stereocenters. The molecule has 0 saturated carbocycles. The number of hydrogen-bond donors (Lipinski definition) is 1. The zero-order valence-corrected chi connectivity index (χ0v) is 9.90. The van der Waals surface area contributed by atoms with Gasteiger partial charge < -0.3 is 10.5 Å². The van der Waals surface area contributed by atoms with Crippen LogP contribution < -0.4 is 5.73 Å². The van der Waals surface area contributed by atoms with Crippen molar-refractivity contribution in [3.05, 3.63) is 34.3 Å². The van der Waals surface area contributed by atoms with Crippen LogP contribution in [0.3, 0.4) is 0 Å². The van der Waals surface area contributed by atoms with Crippen LogP contribution in [0, 0.1) is 0 Å². The lowest BCUT2D eigenvalue weighted by molar-refractivity contribution is 0.312. The predicted molar refractivity (Wildman–Crippen MR) is 64.1 cm³/mol. The molecule has 0 amide bonds. The van der Waals surface area contributed by atoms with Crippen molar-refractivity contribution in [3.8, 4) is 0 Å². The van der Waals surface area contributed by atoms with Gasteiger partial charge in [-0.15, -0.1) is 0 Å². The summed E-state index contributed by atoms with van der Waals surface area (Å²) in [4.78, 5) is 4.39. The molecule has 0 aromatic heterocycles. The van der Waals surface area contributed by atoms with Gasteiger partial charge in [-0.1, -0.05) is 28.1 Å². The second kappa shape index (κ2) is 4.77. The smallest absolute Gasteiger partial charge is 0.197 e. The van der Waals surface area contributed by atoms with E-state index >= 15 is 0 Å². The highest BCUT2D eigenvalue weighted by molar-refractivity contribution is 9.10. The highest BCUT2D eigenvalue weighted by atomic mass is 79.9. The van der Waals surface area contributed by atoms with Gasteiger partial charge in [0, 0.05) is 4.47 Å². The quantitative estimate of drug-likeness (QED) is 0.908. The number of ether oxygens (including phenoxy) is 1. The van der Waals surface area contributed by atoms with Crippen molar-refractivity contribution in [2.24, 2.45) is 10.7 Å². The molecule has 0 radical (unpaired) electrons. The van der Waals surface area contributed by atoms with Gasteiger partial charge in [0.05, 0.1) is 12.6 Å². The summed E-state index contributed by atoms with van der Waals surface area (Å²) >= 11 is 3.45. The standard InChI is InChI=1S/C11H13BrN2O/c12-9-3-1-2-8(4-9)5-10-7-15-11(6-13)14-10/h1-4,10H,5-7,13H2. The summed E-state index contributed by atoms with van der Waals surface area (Å²) in [6, 6.07) is 8.47. The minimum atomic E-state index is 0.220. The van der Waals surface area contributed by atoms with Crippen molar-refractivity contribution in [1.29, 1.82) is 0 Å². The van der Waals surface area contributed by atoms with E-state index < -0.39 is 0 Å². The third-order valence-corrected chi connectivity index (χ3v) is 2.80. The molecule has 1 heterocycles. The third-order valence-electron chi connectivity index (χ3n) is 2.30. The van der Waals surface area contributed by atoms with Crippen LogP contribution in [-0.4, -0.2) is 25.1 Å². The van der Waals surface area contributed by atoms with Crippen LogP contribution >= 0.6 is 15.9 Å². The molecule has 1 aliphatic rings. The highest BCUT2D eigenvalue weighted by Gasteiger charge is 2.17. The molecule has 15 heavy (non-hydrogen) atoms. The van der Waals surface area contributed by atoms with Gasteiger partial charge in [-0.2, -0.15) is 0 Å². The van der Waals surface area contributed by atoms with E-state index in [9.17, 15) is 0 Å². The molecule has 0 bridgehead atoms. The summed E-state index contributed by atoms with van der Waals surface area (Å²) in [6.07, 6.45) is 0.906. The van der Waals surface area contributed by atoms with Gasteiger partial charge in [-0.3, -0.25) is 0 Å². The van der Waals surface area contributed by atoms with Gasteiger partial charge in [0.2, 0.25) is 0 Å². The van der Waals surface area contributed by atoms with Gasteiger partial charge in [0.1, 0.15) is 6.61 Å². The SMILES string of the molecule is NCC1=NC(Cc2cccc(Br)c2)CO1. The minimum absolute atomic E-state index is 0.220. The lowest BCUT2D eigenvalue weighted by Crippen LogP contribution is -2.13. The first-order valence-electron chi connectivity index (χ1n) is 4.92. The molecule has 0 aliphatic carbocycles. The molecular formula is C11H13BrN2O. The number of nitrogens with zero attached hydrogens (tertiary/aromatic N) is 1.